The third-order valence-electron chi connectivity index (χ3n) is 3.76. The molecule has 0 aliphatic carbocycles. The fourth-order valence-electron chi connectivity index (χ4n) is 2.47. The number of nitrogens with one attached hydrogen (secondary N) is 1. The number of methoxy groups -OCH3 is 1. The van der Waals surface area contributed by atoms with E-state index in [2.05, 4.69) is 5.32 Å². The third-order valence-corrected chi connectivity index (χ3v) is 4.75. The number of nitro benzene ring substituents is 1. The first-order valence-corrected chi connectivity index (χ1v) is 9.20. The van der Waals surface area contributed by atoms with Gasteiger partial charge in [0.25, 0.3) is 5.69 Å². The topological polar surface area (TPSA) is 99.9 Å². The van der Waals surface area contributed by atoms with Crippen molar-refractivity contribution in [3.8, 4) is 17.2 Å². The Balaban J connectivity index is 1.62. The molecule has 1 N–H and O–H groups in total. The molecule has 8 nitrogen and oxygen atoms in total. The zero-order valence-corrected chi connectivity index (χ0v) is 15.4. The van der Waals surface area contributed by atoms with Crippen LogP contribution in [0.4, 0.5) is 11.4 Å². The molecule has 27 heavy (non-hydrogen) atoms. The zero-order chi connectivity index (χ0) is 19.2. The average molecular weight is 390 g/mol. The number of hydrogen-bond acceptors (Lipinski definition) is 7. The van der Waals surface area contributed by atoms with Crippen LogP contribution in [0.1, 0.15) is 6.42 Å². The molecule has 0 spiro atoms. The molecule has 142 valence electrons. The van der Waals surface area contributed by atoms with Crippen LogP contribution in [0.15, 0.2) is 41.3 Å². The summed E-state index contributed by atoms with van der Waals surface area (Å²) in [6.45, 7) is 1.22. The molecule has 1 amide bonds. The highest BCUT2D eigenvalue weighted by Gasteiger charge is 2.15. The van der Waals surface area contributed by atoms with E-state index in [0.29, 0.717) is 30.4 Å². The molecule has 0 unspecified atom stereocenters. The molecule has 1 aliphatic rings. The molecule has 0 fully saturated rings. The molecule has 0 radical (unpaired) electrons. The Morgan fingerprint density at radius 2 is 2.00 bits per heavy atom. The predicted octanol–water partition coefficient (Wildman–Crippen LogP) is 3.50. The van der Waals surface area contributed by atoms with Crippen LogP contribution in [0, 0.1) is 10.1 Å². The number of fused-ring (bicyclic) bond motifs is 1. The lowest BCUT2D eigenvalue weighted by atomic mass is 10.2. The van der Waals surface area contributed by atoms with E-state index < -0.39 is 4.92 Å². The number of nitrogens with zero attached hydrogens (tertiary/aromatic N) is 1. The van der Waals surface area contributed by atoms with Gasteiger partial charge in [-0.3, -0.25) is 14.9 Å². The number of carbonyl (C=O) groups is 1. The van der Waals surface area contributed by atoms with Gasteiger partial charge in [0.15, 0.2) is 11.5 Å². The van der Waals surface area contributed by atoms with Gasteiger partial charge in [-0.2, -0.15) is 0 Å². The van der Waals surface area contributed by atoms with Crippen molar-refractivity contribution >= 4 is 29.0 Å². The van der Waals surface area contributed by atoms with Crippen molar-refractivity contribution in [1.82, 2.24) is 0 Å². The van der Waals surface area contributed by atoms with Crippen LogP contribution in [0.5, 0.6) is 17.2 Å². The summed E-state index contributed by atoms with van der Waals surface area (Å²) in [7, 11) is 1.39. The number of benzene rings is 2. The minimum Gasteiger partial charge on any atom is -0.494 e. The largest absolute Gasteiger partial charge is 0.494 e. The van der Waals surface area contributed by atoms with E-state index in [0.717, 1.165) is 11.3 Å². The van der Waals surface area contributed by atoms with Crippen LogP contribution in [-0.2, 0) is 4.79 Å². The number of ether oxygens (including phenoxy) is 3. The van der Waals surface area contributed by atoms with Gasteiger partial charge in [0.05, 0.1) is 42.8 Å². The predicted molar refractivity (Wildman–Crippen MR) is 101 cm³/mol. The van der Waals surface area contributed by atoms with Gasteiger partial charge in [-0.25, -0.2) is 0 Å². The van der Waals surface area contributed by atoms with Crippen molar-refractivity contribution in [3.05, 3.63) is 46.5 Å². The van der Waals surface area contributed by atoms with Gasteiger partial charge >= 0.3 is 0 Å². The van der Waals surface area contributed by atoms with Crippen LogP contribution in [0.2, 0.25) is 0 Å². The maximum Gasteiger partial charge on any atom is 0.273 e. The van der Waals surface area contributed by atoms with E-state index in [1.54, 1.807) is 0 Å². The SMILES string of the molecule is COc1cc([N+](=O)[O-])ccc1NC(=O)CSc1ccc2c(c1)OCCCO2. The molecule has 0 saturated heterocycles. The number of thioether (sulfide) groups is 1. The second-order valence-electron chi connectivity index (χ2n) is 5.64. The highest BCUT2D eigenvalue weighted by atomic mass is 32.2. The van der Waals surface area contributed by atoms with Gasteiger partial charge in [0, 0.05) is 17.4 Å². The lowest BCUT2D eigenvalue weighted by Crippen LogP contribution is -2.14. The third kappa shape index (κ3) is 4.82. The minimum atomic E-state index is -0.520. The van der Waals surface area contributed by atoms with Gasteiger partial charge < -0.3 is 19.5 Å². The van der Waals surface area contributed by atoms with Crippen LogP contribution < -0.4 is 19.5 Å². The summed E-state index contributed by atoms with van der Waals surface area (Å²) in [5, 5.41) is 13.5. The van der Waals surface area contributed by atoms with Crippen molar-refractivity contribution in [2.75, 3.05) is 31.4 Å². The highest BCUT2D eigenvalue weighted by molar-refractivity contribution is 8.00. The summed E-state index contributed by atoms with van der Waals surface area (Å²) >= 11 is 1.35. The Bertz CT molecular complexity index is 858. The smallest absolute Gasteiger partial charge is 0.273 e. The molecule has 2 aromatic rings. The van der Waals surface area contributed by atoms with Crippen LogP contribution in [-0.4, -0.2) is 36.9 Å². The maximum atomic E-state index is 12.2. The normalized spacial score (nSPS) is 12.8. The molecule has 0 saturated carbocycles. The zero-order valence-electron chi connectivity index (χ0n) is 14.6. The van der Waals surface area contributed by atoms with Gasteiger partial charge in [0.1, 0.15) is 5.75 Å². The molecule has 0 atom stereocenters. The standard InChI is InChI=1S/C18H18N2O6S/c1-24-16-9-12(20(22)23)3-5-14(16)19-18(21)11-27-13-4-6-15-17(10-13)26-8-2-7-25-15/h3-6,9-10H,2,7-8,11H2,1H3,(H,19,21). The van der Waals surface area contributed by atoms with Crippen LogP contribution in [0.25, 0.3) is 0 Å². The number of anilines is 1. The van der Waals surface area contributed by atoms with Crippen LogP contribution in [0.3, 0.4) is 0 Å². The van der Waals surface area contributed by atoms with Crippen molar-refractivity contribution in [2.45, 2.75) is 11.3 Å². The molecule has 1 heterocycles. The Hall–Kier alpha value is -2.94. The summed E-state index contributed by atoms with van der Waals surface area (Å²) in [5.41, 5.74) is 0.277. The van der Waals surface area contributed by atoms with E-state index in [4.69, 9.17) is 14.2 Å². The quantitative estimate of drug-likeness (QED) is 0.458. The second-order valence-corrected chi connectivity index (χ2v) is 6.69. The summed E-state index contributed by atoms with van der Waals surface area (Å²) in [5.74, 6) is 1.53. The lowest BCUT2D eigenvalue weighted by Gasteiger charge is -2.11. The van der Waals surface area contributed by atoms with E-state index in [-0.39, 0.29) is 23.1 Å². The van der Waals surface area contributed by atoms with Crippen molar-refractivity contribution in [1.29, 1.82) is 0 Å². The van der Waals surface area contributed by atoms with Crippen LogP contribution >= 0.6 is 11.8 Å². The van der Waals surface area contributed by atoms with E-state index in [1.807, 2.05) is 18.2 Å². The van der Waals surface area contributed by atoms with Gasteiger partial charge in [0.2, 0.25) is 5.91 Å². The average Bonchev–Trinajstić information content (AvgIpc) is 2.91. The van der Waals surface area contributed by atoms with E-state index >= 15 is 0 Å². The molecule has 0 bridgehead atoms. The Morgan fingerprint density at radius 1 is 1.22 bits per heavy atom. The fraction of sp³-hybridized carbons (Fsp3) is 0.278. The first-order chi connectivity index (χ1) is 13.1. The maximum absolute atomic E-state index is 12.2. The summed E-state index contributed by atoms with van der Waals surface area (Å²) in [6.07, 6.45) is 0.830. The number of carbonyl (C=O) groups excluding carboxylic acids is 1. The van der Waals surface area contributed by atoms with Gasteiger partial charge in [-0.05, 0) is 24.3 Å². The van der Waals surface area contributed by atoms with Gasteiger partial charge in [-0.1, -0.05) is 0 Å². The molecule has 0 aromatic heterocycles. The summed E-state index contributed by atoms with van der Waals surface area (Å²) < 4.78 is 16.3. The molecular formula is C18H18N2O6S. The van der Waals surface area contributed by atoms with Gasteiger partial charge in [-0.15, -0.1) is 11.8 Å². The Kier molecular flexibility index (Phi) is 6.02. The highest BCUT2D eigenvalue weighted by Crippen LogP contribution is 2.34. The Labute approximate surface area is 160 Å². The number of hydrogen-bond donors (Lipinski definition) is 1. The van der Waals surface area contributed by atoms with Crippen molar-refractivity contribution in [2.24, 2.45) is 0 Å². The molecule has 2 aromatic carbocycles. The number of non-ortho nitro benzene ring substituents is 1. The molecular weight excluding hydrogens is 372 g/mol. The Morgan fingerprint density at radius 3 is 2.74 bits per heavy atom. The summed E-state index contributed by atoms with van der Waals surface area (Å²) in [4.78, 5) is 23.4. The second kappa shape index (κ2) is 8.63. The van der Waals surface area contributed by atoms with Crippen molar-refractivity contribution < 1.29 is 23.9 Å². The molecule has 1 aliphatic heterocycles. The first-order valence-electron chi connectivity index (χ1n) is 8.21. The lowest BCUT2D eigenvalue weighted by molar-refractivity contribution is -0.384. The molecule has 9 heteroatoms. The van der Waals surface area contributed by atoms with E-state index in [9.17, 15) is 14.9 Å². The number of nitro groups is 1. The first kappa shape index (κ1) is 18.8. The van der Waals surface area contributed by atoms with E-state index in [1.165, 1.54) is 37.1 Å². The minimum absolute atomic E-state index is 0.105. The van der Waals surface area contributed by atoms with Crippen molar-refractivity contribution in [3.63, 3.8) is 0 Å². The number of rotatable bonds is 6. The fourth-order valence-corrected chi connectivity index (χ4v) is 3.19. The number of amides is 1. The summed E-state index contributed by atoms with van der Waals surface area (Å²) in [6, 6.07) is 9.60. The monoisotopic (exact) mass is 390 g/mol. The molecule has 3 rings (SSSR count).